The van der Waals surface area contributed by atoms with E-state index >= 15 is 0 Å². The van der Waals surface area contributed by atoms with Gasteiger partial charge in [-0.25, -0.2) is 13.1 Å². The lowest BCUT2D eigenvalue weighted by Gasteiger charge is -2.38. The number of nitrogens with two attached hydrogens (primary N) is 1. The van der Waals surface area contributed by atoms with Crippen LogP contribution in [0.25, 0.3) is 0 Å². The van der Waals surface area contributed by atoms with E-state index in [0.29, 0.717) is 12.2 Å². The first-order valence-electron chi connectivity index (χ1n) is 6.97. The standard InChI is InChI=1S/C14H23N3O2S/c1-11(2)17-20(18,19)13-7-4-3-6-12(13)16-10-14(15)8-5-9-14/h3-4,6-7,11,16-17H,5,8-10,15H2,1-2H3. The maximum Gasteiger partial charge on any atom is 0.242 e. The van der Waals surface area contributed by atoms with Gasteiger partial charge in [-0.1, -0.05) is 12.1 Å². The average Bonchev–Trinajstić information content (AvgIpc) is 2.33. The molecule has 0 saturated heterocycles. The Morgan fingerprint density at radius 2 is 1.95 bits per heavy atom. The number of benzene rings is 1. The highest BCUT2D eigenvalue weighted by Gasteiger charge is 2.32. The Bertz CT molecular complexity index is 566. The van der Waals surface area contributed by atoms with Crippen LogP contribution in [0, 0.1) is 0 Å². The lowest BCUT2D eigenvalue weighted by atomic mass is 9.78. The zero-order chi connectivity index (χ0) is 14.8. The van der Waals surface area contributed by atoms with E-state index in [2.05, 4.69) is 10.0 Å². The second-order valence-electron chi connectivity index (χ2n) is 5.84. The van der Waals surface area contributed by atoms with Crippen LogP contribution in [0.2, 0.25) is 0 Å². The molecule has 0 radical (unpaired) electrons. The van der Waals surface area contributed by atoms with Gasteiger partial charge in [0.1, 0.15) is 4.90 Å². The van der Waals surface area contributed by atoms with Gasteiger partial charge in [-0.2, -0.15) is 0 Å². The molecular formula is C14H23N3O2S. The molecule has 0 unspecified atom stereocenters. The van der Waals surface area contributed by atoms with Crippen LogP contribution in [-0.2, 0) is 10.0 Å². The molecule has 0 bridgehead atoms. The van der Waals surface area contributed by atoms with E-state index in [1.165, 1.54) is 0 Å². The summed E-state index contributed by atoms with van der Waals surface area (Å²) in [5, 5.41) is 3.19. The summed E-state index contributed by atoms with van der Waals surface area (Å²) in [5.74, 6) is 0. The number of rotatable bonds is 6. The van der Waals surface area contributed by atoms with Crippen LogP contribution in [0.1, 0.15) is 33.1 Å². The number of hydrogen-bond acceptors (Lipinski definition) is 4. The first-order valence-corrected chi connectivity index (χ1v) is 8.45. The SMILES string of the molecule is CC(C)NS(=O)(=O)c1ccccc1NCC1(N)CCC1. The van der Waals surface area contributed by atoms with Crippen LogP contribution < -0.4 is 15.8 Å². The fourth-order valence-electron chi connectivity index (χ4n) is 2.30. The van der Waals surface area contributed by atoms with Crippen molar-refractivity contribution in [2.75, 3.05) is 11.9 Å². The van der Waals surface area contributed by atoms with Crippen molar-refractivity contribution in [2.24, 2.45) is 5.73 Å². The molecular weight excluding hydrogens is 274 g/mol. The normalized spacial score (nSPS) is 17.8. The minimum Gasteiger partial charge on any atom is -0.382 e. The third-order valence-corrected chi connectivity index (χ3v) is 5.26. The van der Waals surface area contributed by atoms with Gasteiger partial charge < -0.3 is 11.1 Å². The van der Waals surface area contributed by atoms with Gasteiger partial charge in [0, 0.05) is 18.1 Å². The Kier molecular flexibility index (Phi) is 4.36. The monoisotopic (exact) mass is 297 g/mol. The van der Waals surface area contributed by atoms with E-state index in [4.69, 9.17) is 5.73 Å². The molecule has 1 aromatic carbocycles. The first-order chi connectivity index (χ1) is 9.32. The molecule has 0 heterocycles. The van der Waals surface area contributed by atoms with Gasteiger partial charge in [-0.15, -0.1) is 0 Å². The number of hydrogen-bond donors (Lipinski definition) is 3. The van der Waals surface area contributed by atoms with Gasteiger partial charge in [0.15, 0.2) is 0 Å². The molecule has 0 spiro atoms. The molecule has 0 atom stereocenters. The average molecular weight is 297 g/mol. The highest BCUT2D eigenvalue weighted by atomic mass is 32.2. The summed E-state index contributed by atoms with van der Waals surface area (Å²) >= 11 is 0. The van der Waals surface area contributed by atoms with Crippen molar-refractivity contribution < 1.29 is 8.42 Å². The molecule has 0 amide bonds. The number of anilines is 1. The Labute approximate surface area is 121 Å². The Hall–Kier alpha value is -1.11. The Balaban J connectivity index is 2.17. The van der Waals surface area contributed by atoms with Gasteiger partial charge >= 0.3 is 0 Å². The minimum absolute atomic E-state index is 0.138. The van der Waals surface area contributed by atoms with E-state index in [9.17, 15) is 8.42 Å². The van der Waals surface area contributed by atoms with Crippen LogP contribution in [0.3, 0.4) is 0 Å². The van der Waals surface area contributed by atoms with E-state index in [0.717, 1.165) is 19.3 Å². The summed E-state index contributed by atoms with van der Waals surface area (Å²) in [5.41, 5.74) is 6.58. The maximum absolute atomic E-state index is 12.3. The van der Waals surface area contributed by atoms with E-state index in [1.54, 1.807) is 32.0 Å². The molecule has 0 aliphatic heterocycles. The molecule has 112 valence electrons. The molecule has 5 nitrogen and oxygen atoms in total. The number of para-hydroxylation sites is 1. The summed E-state index contributed by atoms with van der Waals surface area (Å²) in [7, 11) is -3.50. The number of nitrogens with one attached hydrogen (secondary N) is 2. The zero-order valence-electron chi connectivity index (χ0n) is 12.0. The van der Waals surface area contributed by atoms with Gasteiger partial charge in [-0.3, -0.25) is 0 Å². The molecule has 1 aromatic rings. The smallest absolute Gasteiger partial charge is 0.242 e. The van der Waals surface area contributed by atoms with E-state index in [1.807, 2.05) is 6.07 Å². The van der Waals surface area contributed by atoms with Crippen molar-refractivity contribution in [2.45, 2.75) is 49.6 Å². The van der Waals surface area contributed by atoms with Crippen LogP contribution in [0.5, 0.6) is 0 Å². The summed E-state index contributed by atoms with van der Waals surface area (Å²) in [6, 6.07) is 6.79. The third-order valence-electron chi connectivity index (χ3n) is 3.55. The molecule has 1 fully saturated rings. The first kappa shape index (κ1) is 15.3. The predicted octanol–water partition coefficient (Wildman–Crippen LogP) is 1.67. The molecule has 0 aromatic heterocycles. The maximum atomic E-state index is 12.3. The fraction of sp³-hybridized carbons (Fsp3) is 0.571. The highest BCUT2D eigenvalue weighted by Crippen LogP contribution is 2.30. The van der Waals surface area contributed by atoms with Crippen LogP contribution in [0.15, 0.2) is 29.2 Å². The fourth-order valence-corrected chi connectivity index (χ4v) is 3.73. The molecule has 1 aliphatic carbocycles. The van der Waals surface area contributed by atoms with Crippen molar-refractivity contribution in [3.05, 3.63) is 24.3 Å². The van der Waals surface area contributed by atoms with Gasteiger partial charge in [0.05, 0.1) is 5.69 Å². The second kappa shape index (κ2) is 5.71. The highest BCUT2D eigenvalue weighted by molar-refractivity contribution is 7.89. The molecule has 2 rings (SSSR count). The molecule has 1 saturated carbocycles. The summed E-state index contributed by atoms with van der Waals surface area (Å²) in [4.78, 5) is 0.275. The van der Waals surface area contributed by atoms with Crippen molar-refractivity contribution in [3.8, 4) is 0 Å². The van der Waals surface area contributed by atoms with Gasteiger partial charge in [-0.05, 0) is 45.2 Å². The van der Waals surface area contributed by atoms with Crippen molar-refractivity contribution in [1.29, 1.82) is 0 Å². The lowest BCUT2D eigenvalue weighted by Crippen LogP contribution is -2.52. The van der Waals surface area contributed by atoms with Crippen molar-refractivity contribution in [3.63, 3.8) is 0 Å². The summed E-state index contributed by atoms with van der Waals surface area (Å²) in [6.07, 6.45) is 3.12. The quantitative estimate of drug-likeness (QED) is 0.745. The number of sulfonamides is 1. The molecule has 4 N–H and O–H groups in total. The van der Waals surface area contributed by atoms with E-state index < -0.39 is 10.0 Å². The third kappa shape index (κ3) is 3.50. The topological polar surface area (TPSA) is 84.2 Å². The summed E-state index contributed by atoms with van der Waals surface area (Å²) < 4.78 is 27.2. The lowest BCUT2D eigenvalue weighted by molar-refractivity contribution is 0.265. The Morgan fingerprint density at radius 3 is 2.50 bits per heavy atom. The van der Waals surface area contributed by atoms with Crippen LogP contribution in [0.4, 0.5) is 5.69 Å². The molecule has 6 heteroatoms. The second-order valence-corrected chi connectivity index (χ2v) is 7.52. The van der Waals surface area contributed by atoms with Crippen molar-refractivity contribution >= 4 is 15.7 Å². The van der Waals surface area contributed by atoms with Crippen molar-refractivity contribution in [1.82, 2.24) is 4.72 Å². The van der Waals surface area contributed by atoms with Gasteiger partial charge in [0.2, 0.25) is 10.0 Å². The predicted molar refractivity (Wildman–Crippen MR) is 81.2 cm³/mol. The van der Waals surface area contributed by atoms with E-state index in [-0.39, 0.29) is 16.5 Å². The Morgan fingerprint density at radius 1 is 1.30 bits per heavy atom. The summed E-state index contributed by atoms with van der Waals surface area (Å²) in [6.45, 7) is 4.20. The zero-order valence-corrected chi connectivity index (χ0v) is 12.8. The molecule has 20 heavy (non-hydrogen) atoms. The molecule has 1 aliphatic rings. The van der Waals surface area contributed by atoms with Gasteiger partial charge in [0.25, 0.3) is 0 Å². The van der Waals surface area contributed by atoms with Crippen LogP contribution in [-0.4, -0.2) is 26.5 Å². The van der Waals surface area contributed by atoms with Crippen LogP contribution >= 0.6 is 0 Å². The minimum atomic E-state index is -3.50. The largest absolute Gasteiger partial charge is 0.382 e.